The molecule has 4 rings (SSSR count). The van der Waals surface area contributed by atoms with Crippen molar-refractivity contribution < 1.29 is 9.47 Å². The molecule has 8 heteroatoms. The van der Waals surface area contributed by atoms with Crippen LogP contribution in [0.1, 0.15) is 38.5 Å². The maximum atomic E-state index is 5.62. The average molecular weight is 572 g/mol. The minimum absolute atomic E-state index is 0. The number of hydrogen-bond donors (Lipinski definition) is 2. The molecule has 1 atom stereocenters. The van der Waals surface area contributed by atoms with Gasteiger partial charge in [0, 0.05) is 63.6 Å². The maximum Gasteiger partial charge on any atom is 0.191 e. The van der Waals surface area contributed by atoms with Crippen LogP contribution in [0.2, 0.25) is 0 Å². The predicted molar refractivity (Wildman–Crippen MR) is 146 cm³/mol. The van der Waals surface area contributed by atoms with E-state index < -0.39 is 0 Å². The minimum Gasteiger partial charge on any atom is -0.497 e. The van der Waals surface area contributed by atoms with Crippen molar-refractivity contribution in [3.63, 3.8) is 0 Å². The first kappa shape index (κ1) is 26.3. The Morgan fingerprint density at radius 2 is 1.94 bits per heavy atom. The zero-order chi connectivity index (χ0) is 22.2. The van der Waals surface area contributed by atoms with Crippen molar-refractivity contribution in [2.24, 2.45) is 10.9 Å². The number of benzene rings is 1. The lowest BCUT2D eigenvalue weighted by Gasteiger charge is -2.48. The number of guanidine groups is 1. The Morgan fingerprint density at radius 1 is 1.15 bits per heavy atom. The highest BCUT2D eigenvalue weighted by Crippen LogP contribution is 2.34. The van der Waals surface area contributed by atoms with Crippen LogP contribution in [0, 0.1) is 5.92 Å². The number of morpholine rings is 1. The summed E-state index contributed by atoms with van der Waals surface area (Å²) in [6, 6.07) is 8.38. The third-order valence-corrected chi connectivity index (χ3v) is 7.54. The summed E-state index contributed by atoms with van der Waals surface area (Å²) in [7, 11) is 3.61. The number of methoxy groups -OCH3 is 1. The predicted octanol–water partition coefficient (Wildman–Crippen LogP) is 3.34. The van der Waals surface area contributed by atoms with Crippen LogP contribution in [-0.2, 0) is 4.74 Å². The van der Waals surface area contributed by atoms with Gasteiger partial charge >= 0.3 is 0 Å². The number of nitrogens with one attached hydrogen (secondary N) is 2. The van der Waals surface area contributed by atoms with E-state index in [0.29, 0.717) is 5.92 Å². The van der Waals surface area contributed by atoms with Crippen molar-refractivity contribution in [1.29, 1.82) is 0 Å². The molecule has 1 aromatic carbocycles. The second kappa shape index (κ2) is 13.0. The molecule has 7 nitrogen and oxygen atoms in total. The van der Waals surface area contributed by atoms with Crippen molar-refractivity contribution in [1.82, 2.24) is 15.5 Å². The Bertz CT molecular complexity index is 750. The Morgan fingerprint density at radius 3 is 2.67 bits per heavy atom. The van der Waals surface area contributed by atoms with Crippen LogP contribution >= 0.6 is 24.0 Å². The van der Waals surface area contributed by atoms with E-state index in [1.54, 1.807) is 7.11 Å². The monoisotopic (exact) mass is 571 g/mol. The van der Waals surface area contributed by atoms with E-state index in [2.05, 4.69) is 43.6 Å². The lowest BCUT2D eigenvalue weighted by molar-refractivity contribution is -0.0352. The molecule has 3 fully saturated rings. The molecule has 0 amide bonds. The molecule has 33 heavy (non-hydrogen) atoms. The van der Waals surface area contributed by atoms with E-state index in [-0.39, 0.29) is 29.5 Å². The first-order valence-corrected chi connectivity index (χ1v) is 12.4. The molecule has 3 aliphatic rings. The number of aliphatic imine (C=N–C) groups is 1. The molecule has 1 unspecified atom stereocenters. The summed E-state index contributed by atoms with van der Waals surface area (Å²) < 4.78 is 11.0. The fourth-order valence-corrected chi connectivity index (χ4v) is 5.60. The number of halogens is 1. The second-order valence-electron chi connectivity index (χ2n) is 9.49. The van der Waals surface area contributed by atoms with Crippen molar-refractivity contribution in [3.05, 3.63) is 24.3 Å². The van der Waals surface area contributed by atoms with E-state index in [4.69, 9.17) is 9.47 Å². The number of rotatable bonds is 7. The van der Waals surface area contributed by atoms with Crippen LogP contribution < -0.4 is 20.3 Å². The van der Waals surface area contributed by atoms with E-state index in [0.717, 1.165) is 64.2 Å². The molecule has 2 heterocycles. The van der Waals surface area contributed by atoms with Gasteiger partial charge in [-0.15, -0.1) is 24.0 Å². The summed E-state index contributed by atoms with van der Waals surface area (Å²) in [4.78, 5) is 9.67. The van der Waals surface area contributed by atoms with Gasteiger partial charge in [-0.25, -0.2) is 0 Å². The second-order valence-corrected chi connectivity index (χ2v) is 9.49. The van der Waals surface area contributed by atoms with Crippen molar-refractivity contribution in [2.75, 3.05) is 71.5 Å². The van der Waals surface area contributed by atoms with Gasteiger partial charge in [-0.2, -0.15) is 0 Å². The van der Waals surface area contributed by atoms with Gasteiger partial charge in [-0.3, -0.25) is 9.89 Å². The van der Waals surface area contributed by atoms with Crippen LogP contribution in [0.15, 0.2) is 29.3 Å². The summed E-state index contributed by atoms with van der Waals surface area (Å²) in [5, 5.41) is 7.30. The maximum absolute atomic E-state index is 5.62. The van der Waals surface area contributed by atoms with Crippen molar-refractivity contribution in [3.8, 4) is 5.75 Å². The van der Waals surface area contributed by atoms with E-state index in [9.17, 15) is 0 Å². The van der Waals surface area contributed by atoms with Gasteiger partial charge in [-0.1, -0.05) is 25.3 Å². The van der Waals surface area contributed by atoms with Crippen LogP contribution in [0.4, 0.5) is 5.69 Å². The topological polar surface area (TPSA) is 61.4 Å². The Balaban J connectivity index is 0.00000306. The highest BCUT2D eigenvalue weighted by molar-refractivity contribution is 14.0. The third kappa shape index (κ3) is 6.88. The average Bonchev–Trinajstić information content (AvgIpc) is 3.34. The minimum atomic E-state index is 0. The SMILES string of the molecule is CN=C(NCC1CCN(c2cccc(OC)c2)C1)NCC1(N2CCOCC2)CCCCC1.I. The number of anilines is 1. The fourth-order valence-electron chi connectivity index (χ4n) is 5.60. The van der Waals surface area contributed by atoms with Gasteiger partial charge in [0.25, 0.3) is 0 Å². The molecular formula is C25H42IN5O2. The quantitative estimate of drug-likeness (QED) is 0.298. The van der Waals surface area contributed by atoms with Crippen LogP contribution in [-0.4, -0.2) is 83.0 Å². The normalized spacial score (nSPS) is 23.6. The smallest absolute Gasteiger partial charge is 0.191 e. The first-order chi connectivity index (χ1) is 15.7. The summed E-state index contributed by atoms with van der Waals surface area (Å²) in [5.74, 6) is 2.47. The summed E-state index contributed by atoms with van der Waals surface area (Å²) in [6.07, 6.45) is 7.76. The third-order valence-electron chi connectivity index (χ3n) is 7.54. The van der Waals surface area contributed by atoms with Crippen LogP contribution in [0.5, 0.6) is 5.75 Å². The van der Waals surface area contributed by atoms with Gasteiger partial charge in [0.1, 0.15) is 5.75 Å². The molecule has 0 bridgehead atoms. The zero-order valence-corrected chi connectivity index (χ0v) is 22.7. The van der Waals surface area contributed by atoms with Crippen LogP contribution in [0.25, 0.3) is 0 Å². The molecular weight excluding hydrogens is 529 g/mol. The molecule has 1 saturated carbocycles. The molecule has 2 aliphatic heterocycles. The molecule has 2 saturated heterocycles. The van der Waals surface area contributed by atoms with Crippen molar-refractivity contribution in [2.45, 2.75) is 44.1 Å². The molecule has 2 N–H and O–H groups in total. The zero-order valence-electron chi connectivity index (χ0n) is 20.4. The highest BCUT2D eigenvalue weighted by atomic mass is 127. The lowest BCUT2D eigenvalue weighted by Crippen LogP contribution is -2.60. The fraction of sp³-hybridized carbons (Fsp3) is 0.720. The number of hydrogen-bond acceptors (Lipinski definition) is 5. The van der Waals surface area contributed by atoms with Gasteiger partial charge in [0.05, 0.1) is 20.3 Å². The van der Waals surface area contributed by atoms with E-state index in [1.165, 1.54) is 44.2 Å². The molecule has 186 valence electrons. The Hall–Kier alpha value is -1.26. The lowest BCUT2D eigenvalue weighted by atomic mass is 9.80. The van der Waals surface area contributed by atoms with Gasteiger partial charge in [0.15, 0.2) is 5.96 Å². The summed E-state index contributed by atoms with van der Waals surface area (Å²) in [5.41, 5.74) is 1.50. The molecule has 1 aliphatic carbocycles. The van der Waals surface area contributed by atoms with Crippen LogP contribution in [0.3, 0.4) is 0 Å². The molecule has 0 radical (unpaired) electrons. The van der Waals surface area contributed by atoms with Gasteiger partial charge in [-0.05, 0) is 37.3 Å². The van der Waals surface area contributed by atoms with E-state index >= 15 is 0 Å². The summed E-state index contributed by atoms with van der Waals surface area (Å²) in [6.45, 7) is 7.89. The van der Waals surface area contributed by atoms with Gasteiger partial charge in [0.2, 0.25) is 0 Å². The molecule has 1 aromatic rings. The summed E-state index contributed by atoms with van der Waals surface area (Å²) >= 11 is 0. The number of nitrogens with zero attached hydrogens (tertiary/aromatic N) is 3. The van der Waals surface area contributed by atoms with Crippen molar-refractivity contribution >= 4 is 35.6 Å². The molecule has 0 aromatic heterocycles. The Kier molecular flexibility index (Phi) is 10.4. The molecule has 0 spiro atoms. The largest absolute Gasteiger partial charge is 0.497 e. The first-order valence-electron chi connectivity index (χ1n) is 12.4. The standard InChI is InChI=1S/C25H41N5O2.HI/c1-26-24(28-20-25(10-4-3-5-11-25)30-13-15-32-16-14-30)27-18-21-9-12-29(19-21)22-7-6-8-23(17-22)31-2;/h6-8,17,21H,3-5,9-16,18-20H2,1-2H3,(H2,26,27,28);1H. The Labute approximate surface area is 216 Å². The number of ether oxygens (including phenoxy) is 2. The van der Waals surface area contributed by atoms with E-state index in [1.807, 2.05) is 13.1 Å². The highest BCUT2D eigenvalue weighted by Gasteiger charge is 2.38. The van der Waals surface area contributed by atoms with Gasteiger partial charge < -0.3 is 25.0 Å².